The number of phosphoric acid groups is 1. The third kappa shape index (κ3) is 35.4. The molecule has 0 saturated carbocycles. The Kier molecular flexibility index (Phi) is 39.7. The van der Waals surface area contributed by atoms with Crippen molar-refractivity contribution >= 4 is 7.82 Å². The van der Waals surface area contributed by atoms with E-state index in [1.54, 1.807) is 0 Å². The first-order valence-corrected chi connectivity index (χ1v) is 22.2. The molecule has 0 amide bonds. The molecule has 46 heavy (non-hydrogen) atoms. The number of nitrogens with one attached hydrogen (secondary N) is 1. The number of rotatable bonds is 35. The van der Waals surface area contributed by atoms with Crippen LogP contribution in [-0.2, 0) is 13.6 Å². The molecule has 0 spiro atoms. The van der Waals surface area contributed by atoms with Crippen LogP contribution in [0.4, 0.5) is 0 Å². The molecule has 0 aromatic rings. The molecule has 0 bridgehead atoms. The van der Waals surface area contributed by atoms with Gasteiger partial charge in [0.05, 0.1) is 32.8 Å². The lowest BCUT2D eigenvalue weighted by Gasteiger charge is -2.27. The van der Waals surface area contributed by atoms with E-state index in [2.05, 4.69) is 48.5 Å². The van der Waals surface area contributed by atoms with Gasteiger partial charge in [0, 0.05) is 0 Å². The molecule has 2 atom stereocenters. The number of hydrogen-bond acceptors (Lipinski definition) is 4. The fourth-order valence-electron chi connectivity index (χ4n) is 6.07. The molecule has 0 heterocycles. The third-order valence-electron chi connectivity index (χ3n) is 9.67. The Morgan fingerprint density at radius 3 is 1.02 bits per heavy atom. The molecule has 0 aromatic carbocycles. The lowest BCUT2D eigenvalue weighted by molar-refractivity contribution is -0.900. The van der Waals surface area contributed by atoms with Crippen LogP contribution in [0.3, 0.4) is 0 Å². The van der Waals surface area contributed by atoms with Gasteiger partial charge in [-0.1, -0.05) is 164 Å². The normalized spacial score (nSPS) is 14.2. The van der Waals surface area contributed by atoms with E-state index in [0.29, 0.717) is 11.8 Å². The Labute approximate surface area is 290 Å². The molecule has 6 heteroatoms. The highest BCUT2D eigenvalue weighted by Gasteiger charge is 2.16. The molecule has 0 rings (SSSR count). The summed E-state index contributed by atoms with van der Waals surface area (Å²) >= 11 is 0. The van der Waals surface area contributed by atoms with Gasteiger partial charge in [-0.25, -0.2) is 0 Å². The number of hydrogen-bond donors (Lipinski definition) is 1. The minimum atomic E-state index is -4.14. The largest absolute Gasteiger partial charge is 0.756 e. The Morgan fingerprint density at radius 2 is 0.739 bits per heavy atom. The van der Waals surface area contributed by atoms with Crippen molar-refractivity contribution in [3.63, 3.8) is 0 Å². The van der Waals surface area contributed by atoms with Gasteiger partial charge in [0.15, 0.2) is 0 Å². The van der Waals surface area contributed by atoms with Crippen molar-refractivity contribution in [1.29, 1.82) is 0 Å². The zero-order chi connectivity index (χ0) is 34.6. The van der Waals surface area contributed by atoms with Gasteiger partial charge < -0.3 is 18.8 Å². The van der Waals surface area contributed by atoms with Gasteiger partial charge in [0.2, 0.25) is 0 Å². The second kappa shape index (κ2) is 37.9. The van der Waals surface area contributed by atoms with E-state index in [4.69, 9.17) is 9.05 Å². The highest BCUT2D eigenvalue weighted by molar-refractivity contribution is 7.45. The SMILES string of the molecule is CCCCC(CC)COP(=O)([O-])OCC(CC)CCCC.CCCCCCCC[NH+](CCCCCCCC)CCCCCCCC. The van der Waals surface area contributed by atoms with Crippen molar-refractivity contribution in [2.75, 3.05) is 32.8 Å². The molecule has 1 N–H and O–H groups in total. The maximum atomic E-state index is 11.8. The van der Waals surface area contributed by atoms with Crippen LogP contribution in [0, 0.1) is 11.8 Å². The van der Waals surface area contributed by atoms with Crippen molar-refractivity contribution in [3.05, 3.63) is 0 Å². The minimum absolute atomic E-state index is 0.253. The topological polar surface area (TPSA) is 63.0 Å². The third-order valence-corrected chi connectivity index (χ3v) is 10.6. The van der Waals surface area contributed by atoms with E-state index in [1.165, 1.54) is 135 Å². The first kappa shape index (κ1) is 48.2. The molecule has 5 nitrogen and oxygen atoms in total. The van der Waals surface area contributed by atoms with Crippen molar-refractivity contribution in [2.45, 2.75) is 215 Å². The summed E-state index contributed by atoms with van der Waals surface area (Å²) in [5.41, 5.74) is 0. The summed E-state index contributed by atoms with van der Waals surface area (Å²) in [7, 11) is -4.14. The summed E-state index contributed by atoms with van der Waals surface area (Å²) in [6.07, 6.45) is 34.4. The maximum Gasteiger partial charge on any atom is 0.267 e. The summed E-state index contributed by atoms with van der Waals surface area (Å²) in [5, 5.41) is 0. The smallest absolute Gasteiger partial charge is 0.267 e. The monoisotopic (exact) mass is 676 g/mol. The molecule has 2 unspecified atom stereocenters. The number of phosphoric ester groups is 1. The zero-order valence-corrected chi connectivity index (χ0v) is 33.5. The Morgan fingerprint density at radius 1 is 0.457 bits per heavy atom. The highest BCUT2D eigenvalue weighted by atomic mass is 31.2. The summed E-state index contributed by atoms with van der Waals surface area (Å²) < 4.78 is 21.9. The average molecular weight is 676 g/mol. The van der Waals surface area contributed by atoms with Crippen LogP contribution in [0.1, 0.15) is 215 Å². The maximum absolute atomic E-state index is 11.8. The molecule has 0 radical (unpaired) electrons. The van der Waals surface area contributed by atoms with Gasteiger partial charge in [0.1, 0.15) is 0 Å². The fourth-order valence-corrected chi connectivity index (χ4v) is 6.93. The van der Waals surface area contributed by atoms with E-state index in [1.807, 2.05) is 4.90 Å². The van der Waals surface area contributed by atoms with Gasteiger partial charge in [-0.15, -0.1) is 0 Å². The lowest BCUT2D eigenvalue weighted by Crippen LogP contribution is -3.12. The van der Waals surface area contributed by atoms with Crippen LogP contribution in [0.2, 0.25) is 0 Å². The highest BCUT2D eigenvalue weighted by Crippen LogP contribution is 2.40. The standard InChI is InChI=1S/C24H51N.C16H35O4P/c1-4-7-10-13-16-19-22-25(23-20-17-14-11-8-5-2)24-21-18-15-12-9-6-3;1-5-9-11-15(7-3)13-19-21(17,18)20-14-16(8-4)12-10-6-2/h4-24H2,1-3H3;15-16H,5-14H2,1-4H3,(H,17,18). The fraction of sp³-hybridized carbons (Fsp3) is 1.00. The van der Waals surface area contributed by atoms with E-state index in [9.17, 15) is 9.46 Å². The van der Waals surface area contributed by atoms with Gasteiger partial charge in [-0.3, -0.25) is 4.57 Å². The van der Waals surface area contributed by atoms with Crippen LogP contribution in [-0.4, -0.2) is 32.8 Å². The molecule has 0 aromatic heterocycles. The van der Waals surface area contributed by atoms with Crippen molar-refractivity contribution in [2.24, 2.45) is 11.8 Å². The van der Waals surface area contributed by atoms with Crippen molar-refractivity contribution in [1.82, 2.24) is 0 Å². The molecule has 0 fully saturated rings. The number of quaternary nitrogens is 1. The Bertz CT molecular complexity index is 558. The minimum Gasteiger partial charge on any atom is -0.756 e. The summed E-state index contributed by atoms with van der Waals surface area (Å²) in [6.45, 7) is 20.2. The predicted octanol–water partition coefficient (Wildman–Crippen LogP) is 11.9. The molecule has 0 saturated heterocycles. The molecule has 0 aliphatic heterocycles. The molecule has 280 valence electrons. The Balaban J connectivity index is 0. The second-order valence-corrected chi connectivity index (χ2v) is 15.6. The second-order valence-electron chi connectivity index (χ2n) is 14.2. The molecule has 0 aliphatic rings. The molecule has 0 aliphatic carbocycles. The van der Waals surface area contributed by atoms with Crippen LogP contribution in [0.25, 0.3) is 0 Å². The predicted molar refractivity (Wildman–Crippen MR) is 202 cm³/mol. The lowest BCUT2D eigenvalue weighted by atomic mass is 10.0. The van der Waals surface area contributed by atoms with E-state index in [0.717, 1.165) is 51.4 Å². The average Bonchev–Trinajstić information content (AvgIpc) is 3.06. The van der Waals surface area contributed by atoms with Gasteiger partial charge >= 0.3 is 0 Å². The summed E-state index contributed by atoms with van der Waals surface area (Å²) in [4.78, 5) is 13.7. The summed E-state index contributed by atoms with van der Waals surface area (Å²) in [5.74, 6) is 0.607. The van der Waals surface area contributed by atoms with E-state index >= 15 is 0 Å². The van der Waals surface area contributed by atoms with Gasteiger partial charge in [-0.05, 0) is 63.2 Å². The van der Waals surface area contributed by atoms with Crippen LogP contribution in [0.5, 0.6) is 0 Å². The van der Waals surface area contributed by atoms with Crippen LogP contribution >= 0.6 is 7.82 Å². The Hall–Kier alpha value is 0.0700. The first-order valence-electron chi connectivity index (χ1n) is 20.8. The van der Waals surface area contributed by atoms with E-state index < -0.39 is 7.82 Å². The quantitative estimate of drug-likeness (QED) is 0.0536. The molecular formula is C40H86NO4P. The summed E-state index contributed by atoms with van der Waals surface area (Å²) in [6, 6.07) is 0. The van der Waals surface area contributed by atoms with Gasteiger partial charge in [0.25, 0.3) is 7.82 Å². The molecular weight excluding hydrogens is 589 g/mol. The van der Waals surface area contributed by atoms with Crippen molar-refractivity contribution < 1.29 is 23.4 Å². The van der Waals surface area contributed by atoms with Crippen LogP contribution in [0.15, 0.2) is 0 Å². The zero-order valence-electron chi connectivity index (χ0n) is 32.7. The van der Waals surface area contributed by atoms with E-state index in [-0.39, 0.29) is 13.2 Å². The van der Waals surface area contributed by atoms with Crippen LogP contribution < -0.4 is 9.79 Å². The van der Waals surface area contributed by atoms with Gasteiger partial charge in [-0.2, -0.15) is 0 Å². The number of unbranched alkanes of at least 4 members (excludes halogenated alkanes) is 17. The van der Waals surface area contributed by atoms with Crippen molar-refractivity contribution in [3.8, 4) is 0 Å². The first-order chi connectivity index (χ1) is 22.3.